The zero-order chi connectivity index (χ0) is 14.4. The standard InChI is InChI=1S/C13H18FNO4S/c14-20(16,17)19-13-3-1-12(2-4-13)15-8-5-11-6-9-18-10-7-11/h1-4,11,15H,5-10H2. The molecule has 0 spiro atoms. The van der Waals surface area contributed by atoms with Gasteiger partial charge in [0.1, 0.15) is 5.75 Å². The Morgan fingerprint density at radius 2 is 1.90 bits per heavy atom. The lowest BCUT2D eigenvalue weighted by molar-refractivity contribution is 0.0649. The normalized spacial score (nSPS) is 16.9. The largest absolute Gasteiger partial charge is 0.488 e. The van der Waals surface area contributed by atoms with Crippen LogP contribution in [0.3, 0.4) is 0 Å². The summed E-state index contributed by atoms with van der Waals surface area (Å²) >= 11 is 0. The molecule has 1 N–H and O–H groups in total. The highest BCUT2D eigenvalue weighted by atomic mass is 32.3. The van der Waals surface area contributed by atoms with E-state index in [1.54, 1.807) is 12.1 Å². The van der Waals surface area contributed by atoms with Crippen LogP contribution in [0.2, 0.25) is 0 Å². The fraction of sp³-hybridized carbons (Fsp3) is 0.538. The summed E-state index contributed by atoms with van der Waals surface area (Å²) in [6.07, 6.45) is 3.27. The van der Waals surface area contributed by atoms with Gasteiger partial charge in [0.25, 0.3) is 0 Å². The lowest BCUT2D eigenvalue weighted by Gasteiger charge is -2.22. The highest BCUT2D eigenvalue weighted by Crippen LogP contribution is 2.20. The van der Waals surface area contributed by atoms with Gasteiger partial charge in [-0.1, -0.05) is 3.89 Å². The molecule has 7 heteroatoms. The minimum Gasteiger partial charge on any atom is -0.385 e. The minimum atomic E-state index is -4.95. The smallest absolute Gasteiger partial charge is 0.385 e. The first-order chi connectivity index (χ1) is 9.53. The van der Waals surface area contributed by atoms with E-state index in [9.17, 15) is 12.3 Å². The Morgan fingerprint density at radius 3 is 2.50 bits per heavy atom. The molecule has 0 bridgehead atoms. The van der Waals surface area contributed by atoms with E-state index in [0.717, 1.165) is 44.7 Å². The van der Waals surface area contributed by atoms with Gasteiger partial charge in [0.05, 0.1) is 0 Å². The van der Waals surface area contributed by atoms with Gasteiger partial charge >= 0.3 is 10.5 Å². The summed E-state index contributed by atoms with van der Waals surface area (Å²) in [6.45, 7) is 2.52. The Bertz CT molecular complexity index is 512. The maximum atomic E-state index is 12.3. The van der Waals surface area contributed by atoms with Crippen molar-refractivity contribution in [1.29, 1.82) is 0 Å². The van der Waals surface area contributed by atoms with Crippen molar-refractivity contribution < 1.29 is 21.2 Å². The number of hydrogen-bond donors (Lipinski definition) is 1. The Hall–Kier alpha value is -1.34. The third-order valence-electron chi connectivity index (χ3n) is 3.27. The molecule has 1 heterocycles. The Labute approximate surface area is 118 Å². The summed E-state index contributed by atoms with van der Waals surface area (Å²) in [5.41, 5.74) is 0.848. The van der Waals surface area contributed by atoms with Crippen molar-refractivity contribution in [3.05, 3.63) is 24.3 Å². The number of ether oxygens (including phenoxy) is 1. The van der Waals surface area contributed by atoms with Gasteiger partial charge in [0, 0.05) is 25.4 Å². The third-order valence-corrected chi connectivity index (χ3v) is 3.66. The molecule has 1 aromatic rings. The van der Waals surface area contributed by atoms with E-state index in [4.69, 9.17) is 4.74 Å². The second-order valence-corrected chi connectivity index (χ2v) is 5.72. The molecular formula is C13H18FNO4S. The second-order valence-electron chi connectivity index (χ2n) is 4.77. The summed E-state index contributed by atoms with van der Waals surface area (Å²) in [5, 5.41) is 3.24. The molecule has 1 fully saturated rings. The molecule has 1 aliphatic heterocycles. The first kappa shape index (κ1) is 15.1. The van der Waals surface area contributed by atoms with Gasteiger partial charge in [-0.25, -0.2) is 0 Å². The van der Waals surface area contributed by atoms with E-state index >= 15 is 0 Å². The van der Waals surface area contributed by atoms with Crippen molar-refractivity contribution >= 4 is 16.2 Å². The van der Waals surface area contributed by atoms with Crippen LogP contribution in [-0.2, 0) is 15.2 Å². The van der Waals surface area contributed by atoms with Gasteiger partial charge < -0.3 is 14.2 Å². The monoisotopic (exact) mass is 303 g/mol. The molecule has 0 unspecified atom stereocenters. The summed E-state index contributed by atoms with van der Waals surface area (Å²) in [5.74, 6) is 0.651. The van der Waals surface area contributed by atoms with E-state index in [0.29, 0.717) is 5.92 Å². The van der Waals surface area contributed by atoms with Crippen LogP contribution in [0.5, 0.6) is 5.75 Å². The molecule has 0 atom stereocenters. The lowest BCUT2D eigenvalue weighted by atomic mass is 9.97. The maximum Gasteiger partial charge on any atom is 0.488 e. The van der Waals surface area contributed by atoms with Gasteiger partial charge in [0.15, 0.2) is 0 Å². The first-order valence-corrected chi connectivity index (χ1v) is 7.89. The molecule has 1 aliphatic rings. The fourth-order valence-corrected chi connectivity index (χ4v) is 2.54. The molecule has 0 aliphatic carbocycles. The molecule has 5 nitrogen and oxygen atoms in total. The number of nitrogens with one attached hydrogen (secondary N) is 1. The molecule has 1 saturated heterocycles. The van der Waals surface area contributed by atoms with Crippen molar-refractivity contribution in [2.45, 2.75) is 19.3 Å². The molecule has 0 aromatic heterocycles. The predicted molar refractivity (Wildman–Crippen MR) is 73.7 cm³/mol. The molecular weight excluding hydrogens is 285 g/mol. The molecule has 112 valence electrons. The number of halogens is 1. The summed E-state index contributed by atoms with van der Waals surface area (Å²) < 4.78 is 42.4. The van der Waals surface area contributed by atoms with E-state index in [1.807, 2.05) is 0 Å². The quantitative estimate of drug-likeness (QED) is 0.818. The van der Waals surface area contributed by atoms with Crippen LogP contribution in [-0.4, -0.2) is 28.2 Å². The summed E-state index contributed by atoms with van der Waals surface area (Å²) in [7, 11) is -4.95. The highest BCUT2D eigenvalue weighted by molar-refractivity contribution is 7.81. The zero-order valence-corrected chi connectivity index (χ0v) is 11.9. The van der Waals surface area contributed by atoms with E-state index in [2.05, 4.69) is 9.50 Å². The molecule has 0 amide bonds. The second kappa shape index (κ2) is 6.90. The highest BCUT2D eigenvalue weighted by Gasteiger charge is 2.13. The first-order valence-electron chi connectivity index (χ1n) is 6.59. The van der Waals surface area contributed by atoms with Gasteiger partial charge in [-0.2, -0.15) is 8.42 Å². The Morgan fingerprint density at radius 1 is 1.25 bits per heavy atom. The Kier molecular flexibility index (Phi) is 5.19. The van der Waals surface area contributed by atoms with Crippen molar-refractivity contribution in [2.24, 2.45) is 5.92 Å². The summed E-state index contributed by atoms with van der Waals surface area (Å²) in [6, 6.07) is 6.14. The minimum absolute atomic E-state index is 0.0394. The van der Waals surface area contributed by atoms with Gasteiger partial charge in [0.2, 0.25) is 0 Å². The van der Waals surface area contributed by atoms with E-state index < -0.39 is 10.5 Å². The average molecular weight is 303 g/mol. The molecule has 20 heavy (non-hydrogen) atoms. The van der Waals surface area contributed by atoms with Crippen LogP contribution in [0.25, 0.3) is 0 Å². The van der Waals surface area contributed by atoms with E-state index in [-0.39, 0.29) is 5.75 Å². The summed E-state index contributed by atoms with van der Waals surface area (Å²) in [4.78, 5) is 0. The molecule has 0 saturated carbocycles. The third kappa shape index (κ3) is 5.34. The number of anilines is 1. The van der Waals surface area contributed by atoms with Crippen LogP contribution in [0, 0.1) is 5.92 Å². The van der Waals surface area contributed by atoms with Crippen molar-refractivity contribution in [2.75, 3.05) is 25.1 Å². The van der Waals surface area contributed by atoms with E-state index in [1.165, 1.54) is 12.1 Å². The average Bonchev–Trinajstić information content (AvgIpc) is 2.40. The molecule has 0 radical (unpaired) electrons. The van der Waals surface area contributed by atoms with Gasteiger partial charge in [-0.15, -0.1) is 0 Å². The number of rotatable bonds is 6. The fourth-order valence-electron chi connectivity index (χ4n) is 2.20. The van der Waals surface area contributed by atoms with Gasteiger partial charge in [-0.3, -0.25) is 0 Å². The maximum absolute atomic E-state index is 12.3. The van der Waals surface area contributed by atoms with Gasteiger partial charge in [-0.05, 0) is 49.4 Å². The molecule has 2 rings (SSSR count). The number of hydrogen-bond acceptors (Lipinski definition) is 5. The zero-order valence-electron chi connectivity index (χ0n) is 11.0. The van der Waals surface area contributed by atoms with Crippen LogP contribution in [0.15, 0.2) is 24.3 Å². The predicted octanol–water partition coefficient (Wildman–Crippen LogP) is 2.51. The SMILES string of the molecule is O=S(=O)(F)Oc1ccc(NCCC2CCOCC2)cc1. The van der Waals surface area contributed by atoms with Crippen molar-refractivity contribution in [3.8, 4) is 5.75 Å². The molecule has 1 aromatic carbocycles. The van der Waals surface area contributed by atoms with Crippen molar-refractivity contribution in [3.63, 3.8) is 0 Å². The number of benzene rings is 1. The topological polar surface area (TPSA) is 64.6 Å². The van der Waals surface area contributed by atoms with Crippen molar-refractivity contribution in [1.82, 2.24) is 0 Å². The van der Waals surface area contributed by atoms with Crippen LogP contribution in [0.4, 0.5) is 9.57 Å². The van der Waals surface area contributed by atoms with Crippen LogP contribution < -0.4 is 9.50 Å². The Balaban J connectivity index is 1.76. The van der Waals surface area contributed by atoms with Crippen LogP contribution >= 0.6 is 0 Å². The van der Waals surface area contributed by atoms with Crippen LogP contribution in [0.1, 0.15) is 19.3 Å². The lowest BCUT2D eigenvalue weighted by Crippen LogP contribution is -2.18.